The normalized spacial score (nSPS) is 11.4. The van der Waals surface area contributed by atoms with Gasteiger partial charge in [0.2, 0.25) is 0 Å². The molecule has 0 spiro atoms. The van der Waals surface area contributed by atoms with Crippen LogP contribution in [0.15, 0.2) is 207 Å². The first-order chi connectivity index (χ1) is 29.2. The van der Waals surface area contributed by atoms with Crippen LogP contribution in [0.1, 0.15) is 0 Å². The lowest BCUT2D eigenvalue weighted by Gasteiger charge is -2.15. The fraction of sp³-hybridized carbons (Fsp3) is 0. The number of hydrogen-bond donors (Lipinski definition) is 0. The minimum atomic E-state index is 0.657. The van der Waals surface area contributed by atoms with Crippen LogP contribution in [-0.4, -0.2) is 19.9 Å². The molecule has 0 fully saturated rings. The molecule has 11 aromatic rings. The van der Waals surface area contributed by atoms with E-state index in [2.05, 4.69) is 140 Å². The molecule has 5 heteroatoms. The number of thiophene rings is 1. The number of rotatable bonds is 7. The molecule has 0 bridgehead atoms. The van der Waals surface area contributed by atoms with E-state index in [1.807, 2.05) is 78.3 Å². The molecule has 0 amide bonds. The van der Waals surface area contributed by atoms with Gasteiger partial charge in [-0.25, -0.2) is 9.97 Å². The van der Waals surface area contributed by atoms with E-state index >= 15 is 0 Å². The fourth-order valence-electron chi connectivity index (χ4n) is 8.14. The molecular weight excluding hydrogens is 737 g/mol. The minimum absolute atomic E-state index is 0.657. The monoisotopic (exact) mass is 770 g/mol. The third kappa shape index (κ3) is 6.54. The number of aromatic nitrogens is 4. The molecule has 4 nitrogen and oxygen atoms in total. The summed E-state index contributed by atoms with van der Waals surface area (Å²) in [5.41, 5.74) is 12.9. The molecule has 0 N–H and O–H groups in total. The molecule has 0 saturated carbocycles. The second-order valence-electron chi connectivity index (χ2n) is 14.7. The standard InChI is InChI=1S/C54H34N4S/c1-2-15-36(16-3-1)54-57-50(34-51(58-54)42-32-39(48-23-8-10-26-55-48)31-40(33-42)49-24-9-11-27-56-49)41-29-37(44-20-12-17-35-14-4-5-18-43(35)44)28-38(30-41)45-21-13-22-47-46-19-6-7-25-52(46)59-53(45)47/h1-34H. The molecule has 0 atom stereocenters. The number of nitrogens with zero attached hydrogens (tertiary/aromatic N) is 4. The maximum atomic E-state index is 5.36. The van der Waals surface area contributed by atoms with Gasteiger partial charge >= 0.3 is 0 Å². The number of pyridine rings is 2. The molecule has 0 radical (unpaired) electrons. The Morgan fingerprint density at radius 1 is 0.322 bits per heavy atom. The summed E-state index contributed by atoms with van der Waals surface area (Å²) in [6.07, 6.45) is 3.66. The molecule has 4 heterocycles. The molecule has 0 aliphatic rings. The van der Waals surface area contributed by atoms with Gasteiger partial charge in [0.1, 0.15) is 0 Å². The summed E-state index contributed by atoms with van der Waals surface area (Å²) < 4.78 is 2.56. The van der Waals surface area contributed by atoms with Crippen LogP contribution in [0.3, 0.4) is 0 Å². The highest BCUT2D eigenvalue weighted by Crippen LogP contribution is 2.43. The van der Waals surface area contributed by atoms with E-state index < -0.39 is 0 Å². The van der Waals surface area contributed by atoms with Crippen molar-refractivity contribution in [1.82, 2.24) is 19.9 Å². The van der Waals surface area contributed by atoms with E-state index in [-0.39, 0.29) is 0 Å². The van der Waals surface area contributed by atoms with Gasteiger partial charge in [-0.3, -0.25) is 9.97 Å². The molecule has 0 saturated heterocycles. The molecule has 276 valence electrons. The number of benzene rings is 7. The lowest BCUT2D eigenvalue weighted by atomic mass is 9.91. The fourth-order valence-corrected chi connectivity index (χ4v) is 9.37. The molecular formula is C54H34N4S. The Morgan fingerprint density at radius 2 is 0.831 bits per heavy atom. The van der Waals surface area contributed by atoms with Crippen molar-refractivity contribution in [3.63, 3.8) is 0 Å². The smallest absolute Gasteiger partial charge is 0.160 e. The van der Waals surface area contributed by atoms with Crippen molar-refractivity contribution in [2.24, 2.45) is 0 Å². The Morgan fingerprint density at radius 3 is 1.53 bits per heavy atom. The zero-order chi connectivity index (χ0) is 39.1. The Balaban J connectivity index is 1.17. The topological polar surface area (TPSA) is 51.6 Å². The predicted octanol–water partition coefficient (Wildman–Crippen LogP) is 14.5. The van der Waals surface area contributed by atoms with Crippen LogP contribution >= 0.6 is 11.3 Å². The zero-order valence-electron chi connectivity index (χ0n) is 31.8. The molecule has 0 unspecified atom stereocenters. The van der Waals surface area contributed by atoms with Crippen LogP contribution in [0.25, 0.3) is 110 Å². The van der Waals surface area contributed by atoms with E-state index in [1.54, 1.807) is 0 Å². The van der Waals surface area contributed by atoms with Crippen molar-refractivity contribution in [2.45, 2.75) is 0 Å². The predicted molar refractivity (Wildman–Crippen MR) is 246 cm³/mol. The summed E-state index contributed by atoms with van der Waals surface area (Å²) in [6.45, 7) is 0. The first-order valence-electron chi connectivity index (χ1n) is 19.7. The van der Waals surface area contributed by atoms with E-state index in [4.69, 9.17) is 19.9 Å². The summed E-state index contributed by atoms with van der Waals surface area (Å²) in [7, 11) is 0. The van der Waals surface area contributed by atoms with Gasteiger partial charge in [-0.05, 0) is 106 Å². The molecule has 59 heavy (non-hydrogen) atoms. The van der Waals surface area contributed by atoms with E-state index in [0.717, 1.165) is 61.7 Å². The largest absolute Gasteiger partial charge is 0.256 e. The van der Waals surface area contributed by atoms with Crippen LogP contribution in [0.2, 0.25) is 0 Å². The minimum Gasteiger partial charge on any atom is -0.256 e. The Bertz CT molecular complexity index is 3260. The summed E-state index contributed by atoms with van der Waals surface area (Å²) in [4.78, 5) is 20.1. The molecule has 0 aliphatic heterocycles. The third-order valence-corrected chi connectivity index (χ3v) is 12.2. The number of fused-ring (bicyclic) bond motifs is 4. The highest BCUT2D eigenvalue weighted by atomic mass is 32.1. The third-order valence-electron chi connectivity index (χ3n) is 11.0. The Labute approximate surface area is 345 Å². The van der Waals surface area contributed by atoms with Gasteiger partial charge in [0.05, 0.1) is 22.8 Å². The second kappa shape index (κ2) is 14.7. The van der Waals surface area contributed by atoms with E-state index in [0.29, 0.717) is 5.82 Å². The average Bonchev–Trinajstić information content (AvgIpc) is 3.71. The van der Waals surface area contributed by atoms with Crippen molar-refractivity contribution < 1.29 is 0 Å². The van der Waals surface area contributed by atoms with Gasteiger partial charge < -0.3 is 0 Å². The van der Waals surface area contributed by atoms with E-state index in [1.165, 1.54) is 42.1 Å². The van der Waals surface area contributed by atoms with Gasteiger partial charge in [-0.15, -0.1) is 11.3 Å². The SMILES string of the molecule is c1ccc(-c2nc(-c3cc(-c4ccccn4)cc(-c4ccccn4)c3)cc(-c3cc(-c4cccc5ccccc45)cc(-c4cccc5c4sc4ccccc45)c3)n2)cc1. The first kappa shape index (κ1) is 34.6. The summed E-state index contributed by atoms with van der Waals surface area (Å²) >= 11 is 1.85. The van der Waals surface area contributed by atoms with Crippen LogP contribution in [0.5, 0.6) is 0 Å². The molecule has 4 aromatic heterocycles. The van der Waals surface area contributed by atoms with Crippen LogP contribution in [-0.2, 0) is 0 Å². The highest BCUT2D eigenvalue weighted by molar-refractivity contribution is 7.26. The maximum Gasteiger partial charge on any atom is 0.160 e. The molecule has 11 rings (SSSR count). The van der Waals surface area contributed by atoms with Crippen molar-refractivity contribution in [3.05, 3.63) is 207 Å². The quantitative estimate of drug-likeness (QED) is 0.162. The second-order valence-corrected chi connectivity index (χ2v) is 15.7. The van der Waals surface area contributed by atoms with Crippen LogP contribution in [0.4, 0.5) is 0 Å². The lowest BCUT2D eigenvalue weighted by Crippen LogP contribution is -1.97. The van der Waals surface area contributed by atoms with Gasteiger partial charge in [0.25, 0.3) is 0 Å². The summed E-state index contributed by atoms with van der Waals surface area (Å²) in [5, 5.41) is 4.97. The van der Waals surface area contributed by atoms with Gasteiger partial charge in [0, 0.05) is 60.4 Å². The highest BCUT2D eigenvalue weighted by Gasteiger charge is 2.18. The maximum absolute atomic E-state index is 5.36. The van der Waals surface area contributed by atoms with Crippen LogP contribution in [0, 0.1) is 0 Å². The van der Waals surface area contributed by atoms with Gasteiger partial charge in [-0.2, -0.15) is 0 Å². The summed E-state index contributed by atoms with van der Waals surface area (Å²) in [5.74, 6) is 0.657. The van der Waals surface area contributed by atoms with Gasteiger partial charge in [-0.1, -0.05) is 121 Å². The Hall–Kier alpha value is -7.60. The van der Waals surface area contributed by atoms with Crippen molar-refractivity contribution in [2.75, 3.05) is 0 Å². The van der Waals surface area contributed by atoms with E-state index in [9.17, 15) is 0 Å². The summed E-state index contributed by atoms with van der Waals surface area (Å²) in [6, 6.07) is 68.4. The van der Waals surface area contributed by atoms with Gasteiger partial charge in [0.15, 0.2) is 5.82 Å². The average molecular weight is 771 g/mol. The Kier molecular flexibility index (Phi) is 8.64. The molecule has 0 aliphatic carbocycles. The van der Waals surface area contributed by atoms with Crippen LogP contribution < -0.4 is 0 Å². The zero-order valence-corrected chi connectivity index (χ0v) is 32.6. The lowest BCUT2D eigenvalue weighted by molar-refractivity contribution is 1.18. The number of hydrogen-bond acceptors (Lipinski definition) is 5. The van der Waals surface area contributed by atoms with Crippen molar-refractivity contribution >= 4 is 42.3 Å². The first-order valence-corrected chi connectivity index (χ1v) is 20.5. The molecule has 7 aromatic carbocycles. The van der Waals surface area contributed by atoms with Crippen molar-refractivity contribution in [1.29, 1.82) is 0 Å². The van der Waals surface area contributed by atoms with Crippen molar-refractivity contribution in [3.8, 4) is 78.7 Å².